The number of pyridine rings is 1. The van der Waals surface area contributed by atoms with Crippen LogP contribution in [0.5, 0.6) is 0 Å². The highest BCUT2D eigenvalue weighted by Gasteiger charge is 2.15. The molecular formula is C15H25N3. The fourth-order valence-electron chi connectivity index (χ4n) is 2.59. The summed E-state index contributed by atoms with van der Waals surface area (Å²) < 4.78 is 0. The summed E-state index contributed by atoms with van der Waals surface area (Å²) in [5.74, 6) is 0. The van der Waals surface area contributed by atoms with E-state index in [1.807, 2.05) is 12.3 Å². The monoisotopic (exact) mass is 247 g/mol. The summed E-state index contributed by atoms with van der Waals surface area (Å²) in [5, 5.41) is 3.62. The highest BCUT2D eigenvalue weighted by molar-refractivity contribution is 5.03. The molecule has 1 atom stereocenters. The van der Waals surface area contributed by atoms with Gasteiger partial charge in [-0.2, -0.15) is 0 Å². The molecule has 0 spiro atoms. The van der Waals surface area contributed by atoms with Crippen LogP contribution in [0.2, 0.25) is 0 Å². The van der Waals surface area contributed by atoms with Gasteiger partial charge < -0.3 is 10.2 Å². The minimum absolute atomic E-state index is 0.697. The second-order valence-electron chi connectivity index (χ2n) is 5.11. The zero-order valence-electron chi connectivity index (χ0n) is 11.4. The second-order valence-corrected chi connectivity index (χ2v) is 5.11. The lowest BCUT2D eigenvalue weighted by atomic mass is 10.0. The van der Waals surface area contributed by atoms with Crippen LogP contribution in [0.25, 0.3) is 0 Å². The Kier molecular flexibility index (Phi) is 5.62. The first-order chi connectivity index (χ1) is 8.88. The van der Waals surface area contributed by atoms with Crippen molar-refractivity contribution in [2.24, 2.45) is 0 Å². The van der Waals surface area contributed by atoms with E-state index in [4.69, 9.17) is 0 Å². The molecule has 0 radical (unpaired) electrons. The Morgan fingerprint density at radius 3 is 3.00 bits per heavy atom. The van der Waals surface area contributed by atoms with Gasteiger partial charge in [0.25, 0.3) is 0 Å². The quantitative estimate of drug-likeness (QED) is 0.834. The molecule has 2 rings (SSSR count). The number of rotatable bonds is 6. The van der Waals surface area contributed by atoms with Crippen LogP contribution in [0.1, 0.15) is 31.9 Å². The lowest BCUT2D eigenvalue weighted by molar-refractivity contribution is 0.235. The van der Waals surface area contributed by atoms with Crippen LogP contribution < -0.4 is 5.32 Å². The predicted molar refractivity (Wildman–Crippen MR) is 75.7 cm³/mol. The molecule has 1 aromatic heterocycles. The molecule has 3 heteroatoms. The number of nitrogens with zero attached hydrogens (tertiary/aromatic N) is 2. The zero-order valence-corrected chi connectivity index (χ0v) is 11.4. The van der Waals surface area contributed by atoms with Crippen molar-refractivity contribution in [3.05, 3.63) is 30.1 Å². The summed E-state index contributed by atoms with van der Waals surface area (Å²) in [6.07, 6.45) is 7.00. The summed E-state index contributed by atoms with van der Waals surface area (Å²) in [4.78, 5) is 6.93. The molecule has 0 amide bonds. The van der Waals surface area contributed by atoms with Crippen LogP contribution in [0.3, 0.4) is 0 Å². The van der Waals surface area contributed by atoms with Crippen LogP contribution in [0.4, 0.5) is 0 Å². The fraction of sp³-hybridized carbons (Fsp3) is 0.667. The van der Waals surface area contributed by atoms with Gasteiger partial charge in [-0.1, -0.05) is 19.4 Å². The van der Waals surface area contributed by atoms with E-state index >= 15 is 0 Å². The van der Waals surface area contributed by atoms with Gasteiger partial charge in [0.15, 0.2) is 0 Å². The molecule has 1 aliphatic heterocycles. The molecule has 1 saturated heterocycles. The minimum Gasteiger partial charge on any atom is -0.313 e. The van der Waals surface area contributed by atoms with Crippen LogP contribution in [0.15, 0.2) is 24.4 Å². The second kappa shape index (κ2) is 7.49. The van der Waals surface area contributed by atoms with Gasteiger partial charge in [-0.3, -0.25) is 4.98 Å². The van der Waals surface area contributed by atoms with Gasteiger partial charge in [-0.25, -0.2) is 0 Å². The molecule has 0 aromatic carbocycles. The van der Waals surface area contributed by atoms with E-state index in [1.54, 1.807) is 0 Å². The van der Waals surface area contributed by atoms with Crippen molar-refractivity contribution < 1.29 is 0 Å². The Labute approximate surface area is 111 Å². The van der Waals surface area contributed by atoms with E-state index in [0.29, 0.717) is 6.04 Å². The van der Waals surface area contributed by atoms with Crippen molar-refractivity contribution >= 4 is 0 Å². The van der Waals surface area contributed by atoms with E-state index in [2.05, 4.69) is 34.3 Å². The Balaban J connectivity index is 1.74. The molecular weight excluding hydrogens is 222 g/mol. The SMILES string of the molecule is CCN(CCc1ccccn1)CC1CCCCN1. The van der Waals surface area contributed by atoms with Crippen molar-refractivity contribution in [1.82, 2.24) is 15.2 Å². The van der Waals surface area contributed by atoms with Gasteiger partial charge in [-0.15, -0.1) is 0 Å². The van der Waals surface area contributed by atoms with E-state index < -0.39 is 0 Å². The Hall–Kier alpha value is -0.930. The summed E-state index contributed by atoms with van der Waals surface area (Å²) in [5.41, 5.74) is 1.20. The molecule has 1 aliphatic rings. The lowest BCUT2D eigenvalue weighted by Crippen LogP contribution is -2.44. The molecule has 1 fully saturated rings. The zero-order chi connectivity index (χ0) is 12.6. The number of hydrogen-bond acceptors (Lipinski definition) is 3. The Bertz CT molecular complexity index is 320. The third-order valence-electron chi connectivity index (χ3n) is 3.75. The summed E-state index contributed by atoms with van der Waals surface area (Å²) in [7, 11) is 0. The maximum atomic E-state index is 4.39. The maximum absolute atomic E-state index is 4.39. The van der Waals surface area contributed by atoms with Gasteiger partial charge >= 0.3 is 0 Å². The van der Waals surface area contributed by atoms with Crippen molar-refractivity contribution in [3.63, 3.8) is 0 Å². The van der Waals surface area contributed by atoms with Gasteiger partial charge in [0.2, 0.25) is 0 Å². The van der Waals surface area contributed by atoms with Crippen molar-refractivity contribution in [2.75, 3.05) is 26.2 Å². The number of piperidine rings is 1. The molecule has 1 N–H and O–H groups in total. The standard InChI is InChI=1S/C15H25N3/c1-2-18(13-15-8-4-6-11-17-15)12-9-14-7-3-5-10-16-14/h3,5,7,10,15,17H,2,4,6,8-9,11-13H2,1H3. The summed E-state index contributed by atoms with van der Waals surface area (Å²) >= 11 is 0. The largest absolute Gasteiger partial charge is 0.313 e. The first-order valence-corrected chi connectivity index (χ1v) is 7.24. The predicted octanol–water partition coefficient (Wildman–Crippen LogP) is 2.09. The van der Waals surface area contributed by atoms with Gasteiger partial charge in [0, 0.05) is 37.4 Å². The normalized spacial score (nSPS) is 20.2. The van der Waals surface area contributed by atoms with Gasteiger partial charge in [-0.05, 0) is 38.1 Å². The molecule has 0 saturated carbocycles. The number of likely N-dealkylation sites (N-methyl/N-ethyl adjacent to an activating group) is 1. The molecule has 1 unspecified atom stereocenters. The fourth-order valence-corrected chi connectivity index (χ4v) is 2.59. The molecule has 2 heterocycles. The van der Waals surface area contributed by atoms with Crippen molar-refractivity contribution in [3.8, 4) is 0 Å². The van der Waals surface area contributed by atoms with E-state index in [9.17, 15) is 0 Å². The number of hydrogen-bond donors (Lipinski definition) is 1. The molecule has 100 valence electrons. The highest BCUT2D eigenvalue weighted by Crippen LogP contribution is 2.09. The smallest absolute Gasteiger partial charge is 0.0416 e. The third-order valence-corrected chi connectivity index (χ3v) is 3.75. The van der Waals surface area contributed by atoms with Crippen molar-refractivity contribution in [2.45, 2.75) is 38.6 Å². The Morgan fingerprint density at radius 2 is 2.33 bits per heavy atom. The molecule has 1 aromatic rings. The van der Waals surface area contributed by atoms with Crippen LogP contribution >= 0.6 is 0 Å². The average Bonchev–Trinajstić information content (AvgIpc) is 2.45. The molecule has 0 aliphatic carbocycles. The van der Waals surface area contributed by atoms with Crippen LogP contribution in [0, 0.1) is 0 Å². The number of nitrogens with one attached hydrogen (secondary N) is 1. The lowest BCUT2D eigenvalue weighted by Gasteiger charge is -2.29. The Morgan fingerprint density at radius 1 is 1.39 bits per heavy atom. The topological polar surface area (TPSA) is 28.2 Å². The first-order valence-electron chi connectivity index (χ1n) is 7.24. The van der Waals surface area contributed by atoms with Crippen molar-refractivity contribution in [1.29, 1.82) is 0 Å². The third kappa shape index (κ3) is 4.39. The summed E-state index contributed by atoms with van der Waals surface area (Å²) in [6, 6.07) is 6.86. The number of aromatic nitrogens is 1. The summed E-state index contributed by atoms with van der Waals surface area (Å²) in [6.45, 7) is 6.88. The first kappa shape index (κ1) is 13.5. The van der Waals surface area contributed by atoms with E-state index in [1.165, 1.54) is 38.0 Å². The van der Waals surface area contributed by atoms with E-state index in [0.717, 1.165) is 19.5 Å². The molecule has 18 heavy (non-hydrogen) atoms. The molecule has 3 nitrogen and oxygen atoms in total. The average molecular weight is 247 g/mol. The van der Waals surface area contributed by atoms with Gasteiger partial charge in [0.1, 0.15) is 0 Å². The maximum Gasteiger partial charge on any atom is 0.0416 e. The minimum atomic E-state index is 0.697. The van der Waals surface area contributed by atoms with Gasteiger partial charge in [0.05, 0.1) is 0 Å². The molecule has 0 bridgehead atoms. The highest BCUT2D eigenvalue weighted by atomic mass is 15.1. The van der Waals surface area contributed by atoms with Crippen LogP contribution in [-0.4, -0.2) is 42.1 Å². The van der Waals surface area contributed by atoms with E-state index in [-0.39, 0.29) is 0 Å². The van der Waals surface area contributed by atoms with Crippen LogP contribution in [-0.2, 0) is 6.42 Å².